The van der Waals surface area contributed by atoms with Gasteiger partial charge in [-0.3, -0.25) is 4.68 Å². The van der Waals surface area contributed by atoms with Crippen LogP contribution in [0.1, 0.15) is 19.4 Å². The molecule has 0 aliphatic rings. The molecule has 16 heavy (non-hydrogen) atoms. The zero-order chi connectivity index (χ0) is 11.7. The van der Waals surface area contributed by atoms with E-state index >= 15 is 0 Å². The van der Waals surface area contributed by atoms with Crippen LogP contribution in [0, 0.1) is 0 Å². The van der Waals surface area contributed by atoms with Gasteiger partial charge in [0.05, 0.1) is 15.9 Å². The van der Waals surface area contributed by atoms with Crippen LogP contribution in [0.5, 0.6) is 0 Å². The molecular weight excluding hydrogens is 222 g/mol. The Bertz CT molecular complexity index is 516. The Morgan fingerprint density at radius 3 is 2.75 bits per heavy atom. The van der Waals surface area contributed by atoms with E-state index in [1.807, 2.05) is 17.8 Å². The first kappa shape index (κ1) is 11.3. The Morgan fingerprint density at radius 2 is 2.12 bits per heavy atom. The van der Waals surface area contributed by atoms with E-state index in [4.69, 9.17) is 11.6 Å². The number of anilines is 1. The van der Waals surface area contributed by atoms with Crippen LogP contribution < -0.4 is 5.32 Å². The van der Waals surface area contributed by atoms with Crippen molar-refractivity contribution in [1.29, 1.82) is 0 Å². The molecule has 0 spiro atoms. The van der Waals surface area contributed by atoms with Gasteiger partial charge in [-0.1, -0.05) is 24.6 Å². The molecule has 4 heteroatoms. The third-order valence-electron chi connectivity index (χ3n) is 2.75. The van der Waals surface area contributed by atoms with E-state index in [9.17, 15) is 0 Å². The molecular formula is C12H16ClN3. The van der Waals surface area contributed by atoms with E-state index in [0.29, 0.717) is 0 Å². The molecule has 3 nitrogen and oxygen atoms in total. The normalized spacial score (nSPS) is 11.0. The van der Waals surface area contributed by atoms with Crippen molar-refractivity contribution < 1.29 is 0 Å². The molecule has 0 saturated carbocycles. The number of halogens is 1. The summed E-state index contributed by atoms with van der Waals surface area (Å²) in [7, 11) is 1.96. The molecule has 2 rings (SSSR count). The summed E-state index contributed by atoms with van der Waals surface area (Å²) < 4.78 is 1.90. The quantitative estimate of drug-likeness (QED) is 0.889. The Morgan fingerprint density at radius 1 is 1.38 bits per heavy atom. The van der Waals surface area contributed by atoms with Crippen LogP contribution in [0.3, 0.4) is 0 Å². The van der Waals surface area contributed by atoms with E-state index in [0.717, 1.165) is 34.7 Å². The highest BCUT2D eigenvalue weighted by Crippen LogP contribution is 2.32. The maximum atomic E-state index is 6.25. The molecule has 0 radical (unpaired) electrons. The standard InChI is InChI=1S/C12H16ClN3/c1-4-8-6-7-9(13)10-11(8)16(3)15-12(10)14-5-2/h6-7H,4-5H2,1-3H3,(H,14,15). The zero-order valence-corrected chi connectivity index (χ0v) is 10.6. The number of aryl methyl sites for hydroxylation is 2. The maximum absolute atomic E-state index is 6.25. The van der Waals surface area contributed by atoms with Crippen LogP contribution in [0.2, 0.25) is 5.02 Å². The molecule has 0 bridgehead atoms. The van der Waals surface area contributed by atoms with Gasteiger partial charge in [-0.05, 0) is 25.0 Å². The largest absolute Gasteiger partial charge is 0.368 e. The molecule has 1 N–H and O–H groups in total. The second-order valence-corrected chi connectivity index (χ2v) is 4.19. The Hall–Kier alpha value is -1.22. The van der Waals surface area contributed by atoms with Gasteiger partial charge in [0.1, 0.15) is 0 Å². The highest BCUT2D eigenvalue weighted by molar-refractivity contribution is 6.36. The first-order chi connectivity index (χ1) is 7.69. The van der Waals surface area contributed by atoms with Crippen LogP contribution in [0.15, 0.2) is 12.1 Å². The summed E-state index contributed by atoms with van der Waals surface area (Å²) in [5.74, 6) is 0.875. The summed E-state index contributed by atoms with van der Waals surface area (Å²) in [4.78, 5) is 0. The monoisotopic (exact) mass is 237 g/mol. The van der Waals surface area contributed by atoms with Crippen molar-refractivity contribution in [3.63, 3.8) is 0 Å². The van der Waals surface area contributed by atoms with Gasteiger partial charge >= 0.3 is 0 Å². The number of fused-ring (bicyclic) bond motifs is 1. The SMILES string of the molecule is CCNc1nn(C)c2c(CC)ccc(Cl)c12. The molecule has 0 fully saturated rings. The van der Waals surface area contributed by atoms with E-state index in [-0.39, 0.29) is 0 Å². The molecule has 0 amide bonds. The van der Waals surface area contributed by atoms with Crippen LogP contribution in [0.4, 0.5) is 5.82 Å². The van der Waals surface area contributed by atoms with Crippen molar-refractivity contribution in [1.82, 2.24) is 9.78 Å². The smallest absolute Gasteiger partial charge is 0.157 e. The van der Waals surface area contributed by atoms with Crippen molar-refractivity contribution in [2.45, 2.75) is 20.3 Å². The minimum atomic E-state index is 0.760. The van der Waals surface area contributed by atoms with Crippen molar-refractivity contribution >= 4 is 28.3 Å². The van der Waals surface area contributed by atoms with E-state index in [1.165, 1.54) is 5.56 Å². The minimum Gasteiger partial charge on any atom is -0.368 e. The molecule has 0 saturated heterocycles. The first-order valence-electron chi connectivity index (χ1n) is 5.57. The van der Waals surface area contributed by atoms with Crippen molar-refractivity contribution in [3.05, 3.63) is 22.7 Å². The van der Waals surface area contributed by atoms with E-state index < -0.39 is 0 Å². The molecule has 86 valence electrons. The Kier molecular flexibility index (Phi) is 3.06. The predicted molar refractivity (Wildman–Crippen MR) is 69.3 cm³/mol. The van der Waals surface area contributed by atoms with Crippen LogP contribution in [0.25, 0.3) is 10.9 Å². The number of hydrogen-bond acceptors (Lipinski definition) is 2. The molecule has 2 aromatic rings. The second kappa shape index (κ2) is 4.34. The summed E-state index contributed by atoms with van der Waals surface area (Å²) in [5, 5.41) is 9.51. The van der Waals surface area contributed by atoms with Gasteiger partial charge in [-0.15, -0.1) is 0 Å². The highest BCUT2D eigenvalue weighted by Gasteiger charge is 2.14. The molecule has 0 aliphatic heterocycles. The minimum absolute atomic E-state index is 0.760. The molecule has 0 atom stereocenters. The van der Waals surface area contributed by atoms with Crippen molar-refractivity contribution in [3.8, 4) is 0 Å². The van der Waals surface area contributed by atoms with Crippen LogP contribution in [-0.4, -0.2) is 16.3 Å². The average Bonchev–Trinajstić information content (AvgIpc) is 2.59. The number of hydrogen-bond donors (Lipinski definition) is 1. The average molecular weight is 238 g/mol. The lowest BCUT2D eigenvalue weighted by Crippen LogP contribution is -1.98. The van der Waals surface area contributed by atoms with Crippen LogP contribution >= 0.6 is 11.6 Å². The van der Waals surface area contributed by atoms with E-state index in [1.54, 1.807) is 0 Å². The fraction of sp³-hybridized carbons (Fsp3) is 0.417. The third-order valence-corrected chi connectivity index (χ3v) is 3.06. The number of aromatic nitrogens is 2. The lowest BCUT2D eigenvalue weighted by Gasteiger charge is -2.04. The van der Waals surface area contributed by atoms with Gasteiger partial charge in [0.25, 0.3) is 0 Å². The van der Waals surface area contributed by atoms with Crippen molar-refractivity contribution in [2.75, 3.05) is 11.9 Å². The van der Waals surface area contributed by atoms with Crippen molar-refractivity contribution in [2.24, 2.45) is 7.05 Å². The van der Waals surface area contributed by atoms with Gasteiger partial charge in [-0.25, -0.2) is 0 Å². The van der Waals surface area contributed by atoms with Crippen LogP contribution in [-0.2, 0) is 13.5 Å². The zero-order valence-electron chi connectivity index (χ0n) is 9.84. The Labute approximate surface area is 100 Å². The lowest BCUT2D eigenvalue weighted by molar-refractivity contribution is 0.793. The molecule has 0 aliphatic carbocycles. The molecule has 0 unspecified atom stereocenters. The fourth-order valence-corrected chi connectivity index (χ4v) is 2.27. The van der Waals surface area contributed by atoms with E-state index in [2.05, 4.69) is 30.3 Å². The third kappa shape index (κ3) is 1.65. The van der Waals surface area contributed by atoms with Gasteiger partial charge in [-0.2, -0.15) is 5.10 Å². The summed E-state index contributed by atoms with van der Waals surface area (Å²) in [6.07, 6.45) is 0.985. The summed E-state index contributed by atoms with van der Waals surface area (Å²) in [6, 6.07) is 4.02. The second-order valence-electron chi connectivity index (χ2n) is 3.79. The highest BCUT2D eigenvalue weighted by atomic mass is 35.5. The summed E-state index contributed by atoms with van der Waals surface area (Å²) >= 11 is 6.25. The van der Waals surface area contributed by atoms with Gasteiger partial charge in [0.15, 0.2) is 5.82 Å². The first-order valence-corrected chi connectivity index (χ1v) is 5.94. The number of rotatable bonds is 3. The fourth-order valence-electron chi connectivity index (χ4n) is 2.03. The summed E-state index contributed by atoms with van der Waals surface area (Å²) in [6.45, 7) is 5.04. The van der Waals surface area contributed by atoms with Gasteiger partial charge in [0.2, 0.25) is 0 Å². The molecule has 1 heterocycles. The predicted octanol–water partition coefficient (Wildman–Crippen LogP) is 3.22. The molecule has 1 aromatic heterocycles. The summed E-state index contributed by atoms with van der Waals surface area (Å²) in [5.41, 5.74) is 2.41. The van der Waals surface area contributed by atoms with Gasteiger partial charge in [0, 0.05) is 13.6 Å². The number of nitrogens with zero attached hydrogens (tertiary/aromatic N) is 2. The number of benzene rings is 1. The topological polar surface area (TPSA) is 29.9 Å². The molecule has 1 aromatic carbocycles. The Balaban J connectivity index is 2.77. The lowest BCUT2D eigenvalue weighted by atomic mass is 10.1. The number of nitrogens with one attached hydrogen (secondary N) is 1. The maximum Gasteiger partial charge on any atom is 0.157 e. The van der Waals surface area contributed by atoms with Gasteiger partial charge < -0.3 is 5.32 Å².